The first kappa shape index (κ1) is 15.9. The van der Waals surface area contributed by atoms with Gasteiger partial charge in [0, 0.05) is 32.5 Å². The van der Waals surface area contributed by atoms with Gasteiger partial charge in [-0.05, 0) is 30.7 Å². The van der Waals surface area contributed by atoms with E-state index in [0.29, 0.717) is 25.0 Å². The number of aromatic nitrogens is 4. The van der Waals surface area contributed by atoms with E-state index in [-0.39, 0.29) is 11.1 Å². The Morgan fingerprint density at radius 3 is 2.96 bits per heavy atom. The van der Waals surface area contributed by atoms with Gasteiger partial charge in [-0.2, -0.15) is 10.2 Å². The zero-order valence-corrected chi connectivity index (χ0v) is 13.1. The first-order chi connectivity index (χ1) is 11.6. The summed E-state index contributed by atoms with van der Waals surface area (Å²) in [5.41, 5.74) is -0.349. The Morgan fingerprint density at radius 1 is 1.38 bits per heavy atom. The van der Waals surface area contributed by atoms with E-state index in [2.05, 4.69) is 15.5 Å². The molecule has 24 heavy (non-hydrogen) atoms. The van der Waals surface area contributed by atoms with Crippen molar-refractivity contribution in [1.82, 2.24) is 24.9 Å². The Labute approximate surface area is 136 Å². The smallest absolute Gasteiger partial charge is 0.275 e. The molecule has 2 heterocycles. The van der Waals surface area contributed by atoms with E-state index in [0.717, 1.165) is 6.07 Å². The predicted molar refractivity (Wildman–Crippen MR) is 86.1 cm³/mol. The summed E-state index contributed by atoms with van der Waals surface area (Å²) in [5.74, 6) is -1.10. The number of carbonyl (C=O) groups excluding carboxylic acids is 1. The number of amides is 1. The molecule has 0 unspecified atom stereocenters. The molecular weight excluding hydrogens is 313 g/mol. The minimum atomic E-state index is -0.577. The van der Waals surface area contributed by atoms with Gasteiger partial charge < -0.3 is 5.32 Å². The Hall–Kier alpha value is -3.03. The second kappa shape index (κ2) is 6.61. The summed E-state index contributed by atoms with van der Waals surface area (Å²) in [6.45, 7) is 1.03. The van der Waals surface area contributed by atoms with Crippen LogP contribution in [0.3, 0.4) is 0 Å². The Kier molecular flexibility index (Phi) is 4.37. The fourth-order valence-corrected chi connectivity index (χ4v) is 2.46. The maximum atomic E-state index is 13.4. The Balaban J connectivity index is 1.75. The van der Waals surface area contributed by atoms with E-state index < -0.39 is 17.2 Å². The predicted octanol–water partition coefficient (Wildman–Crippen LogP) is 1.09. The third-order valence-corrected chi connectivity index (χ3v) is 3.64. The molecule has 2 aromatic heterocycles. The molecule has 124 valence electrons. The van der Waals surface area contributed by atoms with Crippen LogP contribution in [0.1, 0.15) is 16.9 Å². The van der Waals surface area contributed by atoms with Crippen LogP contribution in [0.4, 0.5) is 4.39 Å². The molecule has 0 atom stereocenters. The molecule has 3 aromatic rings. The van der Waals surface area contributed by atoms with Gasteiger partial charge >= 0.3 is 0 Å². The Morgan fingerprint density at radius 2 is 2.21 bits per heavy atom. The quantitative estimate of drug-likeness (QED) is 0.711. The van der Waals surface area contributed by atoms with E-state index in [1.54, 1.807) is 17.9 Å². The molecule has 0 aliphatic heterocycles. The number of nitrogens with one attached hydrogen (secondary N) is 1. The maximum absolute atomic E-state index is 13.4. The summed E-state index contributed by atoms with van der Waals surface area (Å²) in [4.78, 5) is 24.6. The molecule has 0 saturated heterocycles. The fraction of sp³-hybridized carbons (Fsp3) is 0.250. The number of aryl methyl sites for hydroxylation is 2. The Bertz CT molecular complexity index is 934. The summed E-state index contributed by atoms with van der Waals surface area (Å²) in [5, 5.41) is 10.9. The number of hydrogen-bond acceptors (Lipinski definition) is 4. The van der Waals surface area contributed by atoms with Crippen LogP contribution in [0.5, 0.6) is 0 Å². The van der Waals surface area contributed by atoms with E-state index in [9.17, 15) is 14.0 Å². The monoisotopic (exact) mass is 329 g/mol. The normalized spacial score (nSPS) is 10.9. The van der Waals surface area contributed by atoms with Gasteiger partial charge in [-0.1, -0.05) is 0 Å². The second-order valence-electron chi connectivity index (χ2n) is 5.34. The maximum Gasteiger partial charge on any atom is 0.275 e. The molecule has 0 saturated carbocycles. The number of halogens is 1. The molecule has 0 aliphatic rings. The van der Waals surface area contributed by atoms with Crippen molar-refractivity contribution in [2.75, 3.05) is 6.54 Å². The van der Waals surface area contributed by atoms with Gasteiger partial charge in [-0.3, -0.25) is 19.0 Å². The van der Waals surface area contributed by atoms with Crippen molar-refractivity contribution in [3.8, 4) is 0 Å². The minimum absolute atomic E-state index is 0.134. The average Bonchev–Trinajstić information content (AvgIpc) is 3.08. The van der Waals surface area contributed by atoms with Gasteiger partial charge in [-0.15, -0.1) is 0 Å². The molecule has 0 radical (unpaired) electrons. The van der Waals surface area contributed by atoms with Crippen molar-refractivity contribution in [1.29, 1.82) is 0 Å². The third kappa shape index (κ3) is 3.17. The van der Waals surface area contributed by atoms with E-state index in [4.69, 9.17) is 0 Å². The number of nitrogens with zero attached hydrogens (tertiary/aromatic N) is 4. The number of fused-ring (bicyclic) bond motifs is 1. The molecule has 0 aliphatic carbocycles. The van der Waals surface area contributed by atoms with Crippen molar-refractivity contribution < 1.29 is 9.18 Å². The highest BCUT2D eigenvalue weighted by atomic mass is 19.1. The highest BCUT2D eigenvalue weighted by molar-refractivity contribution is 5.95. The van der Waals surface area contributed by atoms with E-state index in [1.165, 1.54) is 16.8 Å². The summed E-state index contributed by atoms with van der Waals surface area (Å²) in [6, 6.07) is 5.65. The highest BCUT2D eigenvalue weighted by Crippen LogP contribution is 2.11. The summed E-state index contributed by atoms with van der Waals surface area (Å²) < 4.78 is 16.5. The third-order valence-electron chi connectivity index (χ3n) is 3.64. The van der Waals surface area contributed by atoms with Crippen molar-refractivity contribution in [2.45, 2.75) is 13.0 Å². The number of hydrogen-bond donors (Lipinski definition) is 1. The SMILES string of the molecule is Cn1nc(C(=O)NCCCn2cccn2)c(=O)c2cc(F)ccc21. The zero-order valence-electron chi connectivity index (χ0n) is 13.1. The lowest BCUT2D eigenvalue weighted by Crippen LogP contribution is -2.32. The van der Waals surface area contributed by atoms with Crippen LogP contribution in [-0.2, 0) is 13.6 Å². The van der Waals surface area contributed by atoms with E-state index >= 15 is 0 Å². The second-order valence-corrected chi connectivity index (χ2v) is 5.34. The molecule has 1 aromatic carbocycles. The molecule has 0 spiro atoms. The first-order valence-corrected chi connectivity index (χ1v) is 7.48. The molecular formula is C16H16FN5O2. The van der Waals surface area contributed by atoms with Crippen LogP contribution < -0.4 is 10.7 Å². The number of benzene rings is 1. The van der Waals surface area contributed by atoms with Gasteiger partial charge in [0.15, 0.2) is 5.69 Å². The van der Waals surface area contributed by atoms with Gasteiger partial charge in [0.05, 0.1) is 10.9 Å². The fourth-order valence-electron chi connectivity index (χ4n) is 2.46. The lowest BCUT2D eigenvalue weighted by Gasteiger charge is -2.08. The van der Waals surface area contributed by atoms with Crippen LogP contribution in [0, 0.1) is 5.82 Å². The summed E-state index contributed by atoms with van der Waals surface area (Å²) in [6.07, 6.45) is 4.17. The summed E-state index contributed by atoms with van der Waals surface area (Å²) in [7, 11) is 1.61. The molecule has 0 bridgehead atoms. The molecule has 0 fully saturated rings. The van der Waals surface area contributed by atoms with Gasteiger partial charge in [0.25, 0.3) is 5.91 Å². The van der Waals surface area contributed by atoms with Gasteiger partial charge in [0.2, 0.25) is 5.43 Å². The van der Waals surface area contributed by atoms with Crippen molar-refractivity contribution in [2.24, 2.45) is 7.05 Å². The van der Waals surface area contributed by atoms with E-state index in [1.807, 2.05) is 12.3 Å². The topological polar surface area (TPSA) is 81.8 Å². The van der Waals surface area contributed by atoms with Gasteiger partial charge in [0.1, 0.15) is 5.82 Å². The standard InChI is InChI=1S/C16H16FN5O2/c1-21-13-5-4-11(17)10-12(13)15(23)14(20-21)16(24)18-6-2-8-22-9-3-7-19-22/h3-5,7,9-10H,2,6,8H2,1H3,(H,18,24). The van der Waals surface area contributed by atoms with Crippen LogP contribution in [0.25, 0.3) is 10.9 Å². The van der Waals surface area contributed by atoms with Crippen molar-refractivity contribution >= 4 is 16.8 Å². The van der Waals surface area contributed by atoms with Crippen molar-refractivity contribution in [3.05, 3.63) is 58.4 Å². The van der Waals surface area contributed by atoms with Gasteiger partial charge in [-0.25, -0.2) is 4.39 Å². The molecule has 3 rings (SSSR count). The zero-order chi connectivity index (χ0) is 17.1. The van der Waals surface area contributed by atoms with Crippen LogP contribution in [0.15, 0.2) is 41.5 Å². The van der Waals surface area contributed by atoms with Crippen LogP contribution in [-0.4, -0.2) is 32.0 Å². The summed E-state index contributed by atoms with van der Waals surface area (Å²) >= 11 is 0. The average molecular weight is 329 g/mol. The van der Waals surface area contributed by atoms with Crippen LogP contribution >= 0.6 is 0 Å². The lowest BCUT2D eigenvalue weighted by molar-refractivity contribution is 0.0944. The largest absolute Gasteiger partial charge is 0.350 e. The lowest BCUT2D eigenvalue weighted by atomic mass is 10.2. The highest BCUT2D eigenvalue weighted by Gasteiger charge is 2.16. The van der Waals surface area contributed by atoms with Crippen molar-refractivity contribution in [3.63, 3.8) is 0 Å². The molecule has 7 nitrogen and oxygen atoms in total. The molecule has 8 heteroatoms. The molecule has 1 amide bonds. The minimum Gasteiger partial charge on any atom is -0.350 e. The number of rotatable bonds is 5. The number of carbonyl (C=O) groups is 1. The van der Waals surface area contributed by atoms with Crippen LogP contribution in [0.2, 0.25) is 0 Å². The first-order valence-electron chi connectivity index (χ1n) is 7.48. The molecule has 1 N–H and O–H groups in total.